The van der Waals surface area contributed by atoms with Gasteiger partial charge in [-0.1, -0.05) is 6.92 Å². The molecule has 0 radical (unpaired) electrons. The number of likely N-dealkylation sites (tertiary alicyclic amines) is 1. The van der Waals surface area contributed by atoms with Crippen LogP contribution in [0.3, 0.4) is 0 Å². The third-order valence-electron chi connectivity index (χ3n) is 3.06. The van der Waals surface area contributed by atoms with Crippen molar-refractivity contribution in [1.29, 1.82) is 0 Å². The lowest BCUT2D eigenvalue weighted by Crippen LogP contribution is -2.43. The summed E-state index contributed by atoms with van der Waals surface area (Å²) < 4.78 is 0. The number of carbonyl (C=O) groups is 3. The van der Waals surface area contributed by atoms with Crippen molar-refractivity contribution in [2.24, 2.45) is 0 Å². The molecule has 1 aliphatic rings. The fourth-order valence-electron chi connectivity index (χ4n) is 1.96. The Kier molecular flexibility index (Phi) is 7.46. The predicted octanol–water partition coefficient (Wildman–Crippen LogP) is -0.176. The minimum Gasteiger partial charge on any atom is -0.355 e. The SMILES string of the molecule is CCCNC(=O)CNC(=O)NCCC(=O)N1CCCC1. The molecule has 1 rings (SSSR count). The van der Waals surface area contributed by atoms with Gasteiger partial charge < -0.3 is 20.9 Å². The molecule has 7 heteroatoms. The van der Waals surface area contributed by atoms with Crippen molar-refractivity contribution in [2.75, 3.05) is 32.7 Å². The minimum atomic E-state index is -0.425. The molecule has 114 valence electrons. The van der Waals surface area contributed by atoms with E-state index in [0.29, 0.717) is 13.0 Å². The Balaban J connectivity index is 2.04. The molecule has 0 aromatic carbocycles. The normalized spacial score (nSPS) is 13.9. The Morgan fingerprint density at radius 3 is 2.35 bits per heavy atom. The van der Waals surface area contributed by atoms with E-state index in [1.54, 1.807) is 0 Å². The van der Waals surface area contributed by atoms with E-state index in [0.717, 1.165) is 32.4 Å². The van der Waals surface area contributed by atoms with Crippen LogP contribution in [-0.4, -0.2) is 55.5 Å². The number of rotatable bonds is 7. The van der Waals surface area contributed by atoms with Crippen LogP contribution < -0.4 is 16.0 Å². The molecule has 4 amide bonds. The molecule has 1 fully saturated rings. The lowest BCUT2D eigenvalue weighted by molar-refractivity contribution is -0.130. The molecule has 20 heavy (non-hydrogen) atoms. The zero-order chi connectivity index (χ0) is 14.8. The second-order valence-electron chi connectivity index (χ2n) is 4.80. The van der Waals surface area contributed by atoms with Crippen molar-refractivity contribution in [3.05, 3.63) is 0 Å². The van der Waals surface area contributed by atoms with Gasteiger partial charge in [-0.3, -0.25) is 9.59 Å². The lowest BCUT2D eigenvalue weighted by atomic mass is 10.3. The summed E-state index contributed by atoms with van der Waals surface area (Å²) in [5.74, 6) is -0.140. The monoisotopic (exact) mass is 284 g/mol. The van der Waals surface area contributed by atoms with Crippen LogP contribution in [-0.2, 0) is 9.59 Å². The maximum atomic E-state index is 11.7. The van der Waals surface area contributed by atoms with Gasteiger partial charge in [0, 0.05) is 32.6 Å². The van der Waals surface area contributed by atoms with Gasteiger partial charge in [-0.05, 0) is 19.3 Å². The van der Waals surface area contributed by atoms with Gasteiger partial charge in [0.05, 0.1) is 6.54 Å². The quantitative estimate of drug-likeness (QED) is 0.606. The fraction of sp³-hybridized carbons (Fsp3) is 0.769. The Bertz CT molecular complexity index is 341. The lowest BCUT2D eigenvalue weighted by Gasteiger charge is -2.15. The highest BCUT2D eigenvalue weighted by Gasteiger charge is 2.17. The van der Waals surface area contributed by atoms with E-state index in [2.05, 4.69) is 16.0 Å². The molecule has 0 aromatic rings. The Labute approximate surface area is 119 Å². The molecular formula is C13H24N4O3. The third-order valence-corrected chi connectivity index (χ3v) is 3.06. The number of hydrogen-bond acceptors (Lipinski definition) is 3. The second kappa shape index (κ2) is 9.17. The molecule has 7 nitrogen and oxygen atoms in total. The van der Waals surface area contributed by atoms with Gasteiger partial charge in [0.15, 0.2) is 0 Å². The smallest absolute Gasteiger partial charge is 0.315 e. The van der Waals surface area contributed by atoms with Crippen LogP contribution in [0.25, 0.3) is 0 Å². The van der Waals surface area contributed by atoms with Crippen LogP contribution in [0.4, 0.5) is 4.79 Å². The molecular weight excluding hydrogens is 260 g/mol. The summed E-state index contributed by atoms with van der Waals surface area (Å²) in [4.78, 5) is 36.2. The largest absolute Gasteiger partial charge is 0.355 e. The molecule has 3 N–H and O–H groups in total. The number of carbonyl (C=O) groups excluding carboxylic acids is 3. The highest BCUT2D eigenvalue weighted by atomic mass is 16.2. The zero-order valence-electron chi connectivity index (χ0n) is 12.0. The standard InChI is InChI=1S/C13H24N4O3/c1-2-6-14-11(18)10-16-13(20)15-7-5-12(19)17-8-3-4-9-17/h2-10H2,1H3,(H,14,18)(H2,15,16,20). The summed E-state index contributed by atoms with van der Waals surface area (Å²) in [6, 6.07) is -0.425. The molecule has 0 atom stereocenters. The van der Waals surface area contributed by atoms with Crippen molar-refractivity contribution >= 4 is 17.8 Å². The van der Waals surface area contributed by atoms with Crippen molar-refractivity contribution in [3.63, 3.8) is 0 Å². The van der Waals surface area contributed by atoms with Crippen molar-refractivity contribution < 1.29 is 14.4 Å². The van der Waals surface area contributed by atoms with Gasteiger partial charge in [-0.2, -0.15) is 0 Å². The summed E-state index contributed by atoms with van der Waals surface area (Å²) >= 11 is 0. The van der Waals surface area contributed by atoms with E-state index < -0.39 is 6.03 Å². The number of nitrogens with one attached hydrogen (secondary N) is 3. The summed E-state index contributed by atoms with van der Waals surface area (Å²) in [7, 11) is 0. The summed E-state index contributed by atoms with van der Waals surface area (Å²) in [5.41, 5.74) is 0. The van der Waals surface area contributed by atoms with Gasteiger partial charge in [0.1, 0.15) is 0 Å². The minimum absolute atomic E-state index is 0.0497. The van der Waals surface area contributed by atoms with E-state index in [-0.39, 0.29) is 24.9 Å². The van der Waals surface area contributed by atoms with Gasteiger partial charge in [-0.25, -0.2) is 4.79 Å². The van der Waals surface area contributed by atoms with E-state index in [9.17, 15) is 14.4 Å². The molecule has 1 aliphatic heterocycles. The molecule has 0 saturated carbocycles. The second-order valence-corrected chi connectivity index (χ2v) is 4.80. The van der Waals surface area contributed by atoms with Crippen molar-refractivity contribution in [1.82, 2.24) is 20.9 Å². The number of urea groups is 1. The Hall–Kier alpha value is -1.79. The highest BCUT2D eigenvalue weighted by molar-refractivity contribution is 5.84. The third kappa shape index (κ3) is 6.40. The first kappa shape index (κ1) is 16.3. The summed E-state index contributed by atoms with van der Waals surface area (Å²) in [6.07, 6.45) is 3.28. The van der Waals surface area contributed by atoms with Crippen LogP contribution in [0.5, 0.6) is 0 Å². The van der Waals surface area contributed by atoms with Crippen LogP contribution in [0.1, 0.15) is 32.6 Å². The predicted molar refractivity (Wildman–Crippen MR) is 75.1 cm³/mol. The molecule has 0 aromatic heterocycles. The summed E-state index contributed by atoms with van der Waals surface area (Å²) in [5, 5.41) is 7.68. The molecule has 1 heterocycles. The molecule has 0 spiro atoms. The van der Waals surface area contributed by atoms with Crippen LogP contribution in [0, 0.1) is 0 Å². The molecule has 1 saturated heterocycles. The summed E-state index contributed by atoms with van der Waals surface area (Å²) in [6.45, 7) is 4.44. The molecule has 0 unspecified atom stereocenters. The van der Waals surface area contributed by atoms with E-state index in [1.807, 2.05) is 11.8 Å². The van der Waals surface area contributed by atoms with Crippen molar-refractivity contribution in [2.45, 2.75) is 32.6 Å². The maximum Gasteiger partial charge on any atom is 0.315 e. The Morgan fingerprint density at radius 1 is 1.00 bits per heavy atom. The maximum absolute atomic E-state index is 11.7. The van der Waals surface area contributed by atoms with Crippen LogP contribution in [0.2, 0.25) is 0 Å². The highest BCUT2D eigenvalue weighted by Crippen LogP contribution is 2.08. The molecule has 0 bridgehead atoms. The number of hydrogen-bond donors (Lipinski definition) is 3. The zero-order valence-corrected chi connectivity index (χ0v) is 12.0. The first-order chi connectivity index (χ1) is 9.63. The fourth-order valence-corrected chi connectivity index (χ4v) is 1.96. The topological polar surface area (TPSA) is 90.5 Å². The van der Waals surface area contributed by atoms with Crippen LogP contribution in [0.15, 0.2) is 0 Å². The van der Waals surface area contributed by atoms with Crippen molar-refractivity contribution in [3.8, 4) is 0 Å². The van der Waals surface area contributed by atoms with E-state index >= 15 is 0 Å². The number of amides is 4. The average Bonchev–Trinajstić information content (AvgIpc) is 2.97. The first-order valence-corrected chi connectivity index (χ1v) is 7.19. The van der Waals surface area contributed by atoms with Gasteiger partial charge in [0.25, 0.3) is 0 Å². The van der Waals surface area contributed by atoms with Crippen LogP contribution >= 0.6 is 0 Å². The van der Waals surface area contributed by atoms with E-state index in [4.69, 9.17) is 0 Å². The average molecular weight is 284 g/mol. The van der Waals surface area contributed by atoms with E-state index in [1.165, 1.54) is 0 Å². The Morgan fingerprint density at radius 2 is 1.70 bits per heavy atom. The van der Waals surface area contributed by atoms with Gasteiger partial charge in [0.2, 0.25) is 11.8 Å². The first-order valence-electron chi connectivity index (χ1n) is 7.19. The van der Waals surface area contributed by atoms with Gasteiger partial charge >= 0.3 is 6.03 Å². The number of nitrogens with zero attached hydrogens (tertiary/aromatic N) is 1. The van der Waals surface area contributed by atoms with Gasteiger partial charge in [-0.15, -0.1) is 0 Å². The molecule has 0 aliphatic carbocycles.